The van der Waals surface area contributed by atoms with Crippen molar-refractivity contribution in [1.29, 1.82) is 0 Å². The normalized spacial score (nSPS) is 14.7. The number of hydrogen-bond acceptors (Lipinski definition) is 4. The molecule has 0 aromatic rings. The van der Waals surface area contributed by atoms with Crippen LogP contribution < -0.4 is 5.32 Å². The minimum Gasteiger partial charge on any atom is -0.417 e. The molecule has 0 heterocycles. The molecule has 1 atom stereocenters. The standard InChI is InChI=1S/C14H33NO3Si/c1-14(2,3)19(4,5)18-11-7-6-8-13(17)12-15-9-10-16/h13,15-17H,6-12H2,1-5H3/t13-/m0/s1. The van der Waals surface area contributed by atoms with E-state index in [0.717, 1.165) is 25.9 Å². The number of rotatable bonds is 10. The fraction of sp³-hybridized carbons (Fsp3) is 1.00. The van der Waals surface area contributed by atoms with Gasteiger partial charge in [0.15, 0.2) is 8.32 Å². The Bertz CT molecular complexity index is 229. The van der Waals surface area contributed by atoms with Crippen molar-refractivity contribution in [2.24, 2.45) is 0 Å². The van der Waals surface area contributed by atoms with Crippen LogP contribution in [-0.2, 0) is 4.43 Å². The lowest BCUT2D eigenvalue weighted by Gasteiger charge is -2.36. The zero-order chi connectivity index (χ0) is 14.9. The number of aliphatic hydroxyl groups excluding tert-OH is 2. The van der Waals surface area contributed by atoms with E-state index in [1.165, 1.54) is 0 Å². The maximum absolute atomic E-state index is 9.69. The molecule has 0 fully saturated rings. The maximum Gasteiger partial charge on any atom is 0.191 e. The molecule has 0 unspecified atom stereocenters. The van der Waals surface area contributed by atoms with Gasteiger partial charge in [0.2, 0.25) is 0 Å². The van der Waals surface area contributed by atoms with Gasteiger partial charge >= 0.3 is 0 Å². The van der Waals surface area contributed by atoms with E-state index >= 15 is 0 Å². The first-order valence-corrected chi connectivity index (χ1v) is 10.2. The van der Waals surface area contributed by atoms with Crippen molar-refractivity contribution in [3.05, 3.63) is 0 Å². The summed E-state index contributed by atoms with van der Waals surface area (Å²) >= 11 is 0. The van der Waals surface area contributed by atoms with Crippen molar-refractivity contribution < 1.29 is 14.6 Å². The first kappa shape index (κ1) is 19.1. The van der Waals surface area contributed by atoms with Gasteiger partial charge in [0, 0.05) is 19.7 Å². The summed E-state index contributed by atoms with van der Waals surface area (Å²) in [5.74, 6) is 0. The molecule has 0 spiro atoms. The van der Waals surface area contributed by atoms with Crippen LogP contribution >= 0.6 is 0 Å². The molecule has 0 bridgehead atoms. The Hall–Kier alpha value is 0.0569. The maximum atomic E-state index is 9.69. The molecule has 19 heavy (non-hydrogen) atoms. The highest BCUT2D eigenvalue weighted by Crippen LogP contribution is 2.36. The third kappa shape index (κ3) is 8.76. The van der Waals surface area contributed by atoms with Gasteiger partial charge in [0.05, 0.1) is 12.7 Å². The third-order valence-corrected chi connectivity index (χ3v) is 8.41. The number of nitrogens with one attached hydrogen (secondary N) is 1. The minimum atomic E-state index is -1.61. The summed E-state index contributed by atoms with van der Waals surface area (Å²) in [6, 6.07) is 0. The third-order valence-electron chi connectivity index (χ3n) is 3.87. The summed E-state index contributed by atoms with van der Waals surface area (Å²) in [6.45, 7) is 13.3. The number of hydrogen-bond donors (Lipinski definition) is 3. The van der Waals surface area contributed by atoms with Crippen molar-refractivity contribution >= 4 is 8.32 Å². The van der Waals surface area contributed by atoms with Gasteiger partial charge in [-0.3, -0.25) is 0 Å². The van der Waals surface area contributed by atoms with Crippen molar-refractivity contribution in [3.8, 4) is 0 Å². The van der Waals surface area contributed by atoms with E-state index in [1.54, 1.807) is 0 Å². The van der Waals surface area contributed by atoms with Crippen LogP contribution in [-0.4, -0.2) is 50.9 Å². The molecule has 0 radical (unpaired) electrons. The second-order valence-corrected chi connectivity index (χ2v) is 11.5. The van der Waals surface area contributed by atoms with Crippen molar-refractivity contribution in [2.45, 2.75) is 64.3 Å². The SMILES string of the molecule is CC(C)(C)[Si](C)(C)OCCCC[C@H](O)CNCCO. The molecular weight excluding hydrogens is 258 g/mol. The highest BCUT2D eigenvalue weighted by Gasteiger charge is 2.36. The Labute approximate surface area is 119 Å². The van der Waals surface area contributed by atoms with Gasteiger partial charge in [-0.15, -0.1) is 0 Å². The Kier molecular flexibility index (Phi) is 9.10. The van der Waals surface area contributed by atoms with Crippen LogP contribution in [0.25, 0.3) is 0 Å². The topological polar surface area (TPSA) is 61.7 Å². The molecule has 4 nitrogen and oxygen atoms in total. The second-order valence-electron chi connectivity index (χ2n) is 6.69. The summed E-state index contributed by atoms with van der Waals surface area (Å²) in [5, 5.41) is 21.6. The summed E-state index contributed by atoms with van der Waals surface area (Å²) in [6.07, 6.45) is 2.46. The Morgan fingerprint density at radius 2 is 1.84 bits per heavy atom. The first-order valence-electron chi connectivity index (χ1n) is 7.34. The van der Waals surface area contributed by atoms with Crippen LogP contribution in [0.1, 0.15) is 40.0 Å². The Balaban J connectivity index is 3.60. The lowest BCUT2D eigenvalue weighted by Crippen LogP contribution is -2.41. The smallest absolute Gasteiger partial charge is 0.191 e. The Morgan fingerprint density at radius 1 is 1.21 bits per heavy atom. The lowest BCUT2D eigenvalue weighted by atomic mass is 10.1. The van der Waals surface area contributed by atoms with Gasteiger partial charge in [-0.05, 0) is 37.4 Å². The fourth-order valence-corrected chi connectivity index (χ4v) is 2.56. The first-order chi connectivity index (χ1) is 8.70. The molecule has 0 aliphatic heterocycles. The van der Waals surface area contributed by atoms with E-state index in [0.29, 0.717) is 13.1 Å². The van der Waals surface area contributed by atoms with Crippen LogP contribution in [0.3, 0.4) is 0 Å². The molecule has 0 aromatic carbocycles. The van der Waals surface area contributed by atoms with E-state index in [-0.39, 0.29) is 17.7 Å². The van der Waals surface area contributed by atoms with E-state index in [9.17, 15) is 5.11 Å². The second kappa shape index (κ2) is 9.08. The molecule has 116 valence electrons. The van der Waals surface area contributed by atoms with Crippen LogP contribution in [0.15, 0.2) is 0 Å². The zero-order valence-electron chi connectivity index (χ0n) is 13.3. The van der Waals surface area contributed by atoms with Crippen LogP contribution in [0.4, 0.5) is 0 Å². The Morgan fingerprint density at radius 3 is 2.37 bits per heavy atom. The van der Waals surface area contributed by atoms with Crippen molar-refractivity contribution in [1.82, 2.24) is 5.32 Å². The molecule has 0 aliphatic carbocycles. The molecule has 0 amide bonds. The molecule has 0 aliphatic rings. The summed E-state index contributed by atoms with van der Waals surface area (Å²) in [5.41, 5.74) is 0. The minimum absolute atomic E-state index is 0.118. The monoisotopic (exact) mass is 291 g/mol. The quantitative estimate of drug-likeness (QED) is 0.426. The number of aliphatic hydroxyl groups is 2. The lowest BCUT2D eigenvalue weighted by molar-refractivity contribution is 0.152. The average Bonchev–Trinajstić information content (AvgIpc) is 2.27. The predicted molar refractivity (Wildman–Crippen MR) is 83.0 cm³/mol. The molecular formula is C14H33NO3Si. The van der Waals surface area contributed by atoms with Crippen molar-refractivity contribution in [2.75, 3.05) is 26.3 Å². The summed E-state index contributed by atoms with van der Waals surface area (Å²) in [4.78, 5) is 0. The van der Waals surface area contributed by atoms with E-state index in [2.05, 4.69) is 39.2 Å². The molecule has 0 rings (SSSR count). The molecule has 3 N–H and O–H groups in total. The van der Waals surface area contributed by atoms with E-state index in [1.807, 2.05) is 0 Å². The summed E-state index contributed by atoms with van der Waals surface area (Å²) < 4.78 is 6.08. The number of unbranched alkanes of at least 4 members (excludes halogenated alkanes) is 1. The molecule has 0 aromatic heterocycles. The molecule has 5 heteroatoms. The largest absolute Gasteiger partial charge is 0.417 e. The van der Waals surface area contributed by atoms with Crippen molar-refractivity contribution in [3.63, 3.8) is 0 Å². The van der Waals surface area contributed by atoms with Gasteiger partial charge in [-0.2, -0.15) is 0 Å². The molecule has 0 saturated carbocycles. The van der Waals surface area contributed by atoms with Gasteiger partial charge in [-0.1, -0.05) is 20.8 Å². The van der Waals surface area contributed by atoms with Gasteiger partial charge < -0.3 is 20.0 Å². The summed E-state index contributed by atoms with van der Waals surface area (Å²) in [7, 11) is -1.61. The van der Waals surface area contributed by atoms with Gasteiger partial charge in [0.1, 0.15) is 0 Å². The molecule has 0 saturated heterocycles. The van der Waals surface area contributed by atoms with Crippen LogP contribution in [0, 0.1) is 0 Å². The zero-order valence-corrected chi connectivity index (χ0v) is 14.3. The van der Waals surface area contributed by atoms with Crippen LogP contribution in [0.2, 0.25) is 18.1 Å². The van der Waals surface area contributed by atoms with Crippen LogP contribution in [0.5, 0.6) is 0 Å². The highest BCUT2D eigenvalue weighted by atomic mass is 28.4. The van der Waals surface area contributed by atoms with E-state index in [4.69, 9.17) is 9.53 Å². The fourth-order valence-electron chi connectivity index (χ4n) is 1.48. The average molecular weight is 292 g/mol. The van der Waals surface area contributed by atoms with Gasteiger partial charge in [0.25, 0.3) is 0 Å². The predicted octanol–water partition coefficient (Wildman–Crippen LogP) is 2.12. The van der Waals surface area contributed by atoms with Gasteiger partial charge in [-0.25, -0.2) is 0 Å². The highest BCUT2D eigenvalue weighted by molar-refractivity contribution is 6.74. The van der Waals surface area contributed by atoms with E-state index < -0.39 is 8.32 Å².